The average Bonchev–Trinajstić information content (AvgIpc) is 3.07. The second-order valence-corrected chi connectivity index (χ2v) is 6.68. The summed E-state index contributed by atoms with van der Waals surface area (Å²) in [5.74, 6) is 0. The standard InChI is InChI=1S/C18H24N4/c1-2-3-8-22-16-5-6-17(22)11-15(10-16)20-14-4-7-18-13(9-14)12-19-21-18/h2,4,7,9,12,15-17,20H,1,3,5-6,8,10-11H2,(H,19,21). The van der Waals surface area contributed by atoms with Gasteiger partial charge in [0, 0.05) is 35.7 Å². The smallest absolute Gasteiger partial charge is 0.0651 e. The number of anilines is 1. The highest BCUT2D eigenvalue weighted by Gasteiger charge is 2.39. The number of benzene rings is 1. The van der Waals surface area contributed by atoms with E-state index in [1.54, 1.807) is 0 Å². The molecular formula is C18H24N4. The zero-order valence-corrected chi connectivity index (χ0v) is 13.0. The van der Waals surface area contributed by atoms with Crippen molar-refractivity contribution in [1.29, 1.82) is 0 Å². The summed E-state index contributed by atoms with van der Waals surface area (Å²) in [5.41, 5.74) is 2.32. The van der Waals surface area contributed by atoms with Crippen molar-refractivity contribution >= 4 is 16.6 Å². The summed E-state index contributed by atoms with van der Waals surface area (Å²) in [6.45, 7) is 5.05. The van der Waals surface area contributed by atoms with Gasteiger partial charge >= 0.3 is 0 Å². The molecule has 0 saturated carbocycles. The van der Waals surface area contributed by atoms with E-state index in [1.807, 2.05) is 12.3 Å². The van der Waals surface area contributed by atoms with E-state index in [2.05, 4.69) is 45.2 Å². The first-order valence-electron chi connectivity index (χ1n) is 8.40. The summed E-state index contributed by atoms with van der Waals surface area (Å²) < 4.78 is 0. The highest BCUT2D eigenvalue weighted by Crippen LogP contribution is 2.37. The summed E-state index contributed by atoms with van der Waals surface area (Å²) >= 11 is 0. The minimum absolute atomic E-state index is 0.599. The van der Waals surface area contributed by atoms with Gasteiger partial charge in [0.15, 0.2) is 0 Å². The fraction of sp³-hybridized carbons (Fsp3) is 0.500. The van der Waals surface area contributed by atoms with Crippen LogP contribution in [0, 0.1) is 0 Å². The van der Waals surface area contributed by atoms with Crippen LogP contribution in [-0.4, -0.2) is 39.8 Å². The summed E-state index contributed by atoms with van der Waals surface area (Å²) in [6, 6.07) is 8.58. The molecule has 2 aliphatic heterocycles. The van der Waals surface area contributed by atoms with Crippen molar-refractivity contribution in [3.63, 3.8) is 0 Å². The van der Waals surface area contributed by atoms with Crippen LogP contribution in [0.3, 0.4) is 0 Å². The molecule has 1 aromatic heterocycles. The van der Waals surface area contributed by atoms with Crippen molar-refractivity contribution in [2.45, 2.75) is 50.2 Å². The van der Waals surface area contributed by atoms with Gasteiger partial charge in [0.05, 0.1) is 11.7 Å². The Kier molecular flexibility index (Phi) is 3.62. The second-order valence-electron chi connectivity index (χ2n) is 6.68. The van der Waals surface area contributed by atoms with Gasteiger partial charge in [0.1, 0.15) is 0 Å². The number of nitrogens with one attached hydrogen (secondary N) is 2. The van der Waals surface area contributed by atoms with Crippen molar-refractivity contribution in [2.75, 3.05) is 11.9 Å². The lowest BCUT2D eigenvalue weighted by Gasteiger charge is -2.39. The largest absolute Gasteiger partial charge is 0.382 e. The van der Waals surface area contributed by atoms with E-state index in [9.17, 15) is 0 Å². The predicted molar refractivity (Wildman–Crippen MR) is 91.1 cm³/mol. The second kappa shape index (κ2) is 5.76. The van der Waals surface area contributed by atoms with Gasteiger partial charge in [-0.3, -0.25) is 10.00 Å². The normalized spacial score (nSPS) is 28.1. The Labute approximate surface area is 131 Å². The quantitative estimate of drug-likeness (QED) is 0.829. The summed E-state index contributed by atoms with van der Waals surface area (Å²) in [7, 11) is 0. The number of hydrogen-bond donors (Lipinski definition) is 2. The molecule has 2 atom stereocenters. The van der Waals surface area contributed by atoms with Crippen LogP contribution in [0.15, 0.2) is 37.1 Å². The fourth-order valence-electron chi connectivity index (χ4n) is 4.27. The maximum absolute atomic E-state index is 4.09. The fourth-order valence-corrected chi connectivity index (χ4v) is 4.27. The molecule has 0 amide bonds. The van der Waals surface area contributed by atoms with Crippen LogP contribution >= 0.6 is 0 Å². The molecule has 116 valence electrons. The van der Waals surface area contributed by atoms with E-state index < -0.39 is 0 Å². The van der Waals surface area contributed by atoms with Crippen LogP contribution < -0.4 is 5.32 Å². The predicted octanol–water partition coefficient (Wildman–Crippen LogP) is 3.55. The van der Waals surface area contributed by atoms with Crippen molar-refractivity contribution in [2.24, 2.45) is 0 Å². The molecule has 2 fully saturated rings. The maximum atomic E-state index is 4.09. The lowest BCUT2D eigenvalue weighted by molar-refractivity contribution is 0.135. The zero-order valence-electron chi connectivity index (χ0n) is 13.0. The molecule has 0 radical (unpaired) electrons. The lowest BCUT2D eigenvalue weighted by Crippen LogP contribution is -2.47. The van der Waals surface area contributed by atoms with Crippen molar-refractivity contribution in [1.82, 2.24) is 15.1 Å². The Morgan fingerprint density at radius 2 is 2.14 bits per heavy atom. The molecule has 4 heteroatoms. The van der Waals surface area contributed by atoms with Crippen molar-refractivity contribution < 1.29 is 0 Å². The number of rotatable bonds is 5. The molecule has 2 N–H and O–H groups in total. The molecule has 4 rings (SSSR count). The molecule has 3 heterocycles. The molecule has 2 saturated heterocycles. The third kappa shape index (κ3) is 2.52. The van der Waals surface area contributed by atoms with Gasteiger partial charge in [0.2, 0.25) is 0 Å². The highest BCUT2D eigenvalue weighted by atomic mass is 15.2. The first-order valence-corrected chi connectivity index (χ1v) is 8.40. The number of piperidine rings is 1. The number of aromatic amines is 1. The van der Waals surface area contributed by atoms with E-state index in [1.165, 1.54) is 43.3 Å². The number of hydrogen-bond acceptors (Lipinski definition) is 3. The van der Waals surface area contributed by atoms with Crippen LogP contribution in [0.4, 0.5) is 5.69 Å². The first kappa shape index (κ1) is 13.8. The van der Waals surface area contributed by atoms with E-state index >= 15 is 0 Å². The van der Waals surface area contributed by atoms with E-state index in [4.69, 9.17) is 0 Å². The van der Waals surface area contributed by atoms with Gasteiger partial charge in [-0.05, 0) is 50.3 Å². The van der Waals surface area contributed by atoms with Crippen molar-refractivity contribution in [3.05, 3.63) is 37.1 Å². The van der Waals surface area contributed by atoms with Gasteiger partial charge in [-0.15, -0.1) is 6.58 Å². The monoisotopic (exact) mass is 296 g/mol. The van der Waals surface area contributed by atoms with E-state index in [0.29, 0.717) is 6.04 Å². The van der Waals surface area contributed by atoms with Gasteiger partial charge in [-0.1, -0.05) is 6.08 Å². The SMILES string of the molecule is C=CCCN1C2CCC1CC(Nc1ccc3[nH]ncc3c1)C2. The molecule has 2 unspecified atom stereocenters. The van der Waals surface area contributed by atoms with Crippen LogP contribution in [-0.2, 0) is 0 Å². The number of H-pyrrole nitrogens is 1. The molecule has 4 nitrogen and oxygen atoms in total. The number of fused-ring (bicyclic) bond motifs is 3. The molecule has 2 bridgehead atoms. The maximum Gasteiger partial charge on any atom is 0.0651 e. The number of nitrogens with zero attached hydrogens (tertiary/aromatic N) is 2. The van der Waals surface area contributed by atoms with Gasteiger partial charge < -0.3 is 5.32 Å². The third-order valence-corrected chi connectivity index (χ3v) is 5.29. The van der Waals surface area contributed by atoms with Crippen LogP contribution in [0.2, 0.25) is 0 Å². The van der Waals surface area contributed by atoms with Crippen LogP contribution in [0.1, 0.15) is 32.1 Å². The van der Waals surface area contributed by atoms with Crippen LogP contribution in [0.25, 0.3) is 10.9 Å². The molecule has 2 aromatic rings. The Bertz CT molecular complexity index is 648. The Morgan fingerprint density at radius 3 is 2.91 bits per heavy atom. The summed E-state index contributed by atoms with van der Waals surface area (Å²) in [4.78, 5) is 2.72. The molecule has 1 aromatic carbocycles. The van der Waals surface area contributed by atoms with Gasteiger partial charge in [0.25, 0.3) is 0 Å². The van der Waals surface area contributed by atoms with E-state index in [0.717, 1.165) is 24.0 Å². The highest BCUT2D eigenvalue weighted by molar-refractivity contribution is 5.81. The first-order chi connectivity index (χ1) is 10.8. The van der Waals surface area contributed by atoms with Crippen molar-refractivity contribution in [3.8, 4) is 0 Å². The molecule has 2 aliphatic rings. The molecule has 0 aliphatic carbocycles. The van der Waals surface area contributed by atoms with E-state index in [-0.39, 0.29) is 0 Å². The van der Waals surface area contributed by atoms with Crippen LogP contribution in [0.5, 0.6) is 0 Å². The molecule has 22 heavy (non-hydrogen) atoms. The zero-order chi connectivity index (χ0) is 14.9. The van der Waals surface area contributed by atoms with Gasteiger partial charge in [-0.2, -0.15) is 5.10 Å². The molecule has 0 spiro atoms. The Morgan fingerprint density at radius 1 is 1.32 bits per heavy atom. The minimum Gasteiger partial charge on any atom is -0.382 e. The topological polar surface area (TPSA) is 44.0 Å². The minimum atomic E-state index is 0.599. The Hall–Kier alpha value is -1.81. The summed E-state index contributed by atoms with van der Waals surface area (Å²) in [6.07, 6.45) is 10.3. The number of aromatic nitrogens is 2. The Balaban J connectivity index is 1.43. The lowest BCUT2D eigenvalue weighted by atomic mass is 9.96. The third-order valence-electron chi connectivity index (χ3n) is 5.29. The summed E-state index contributed by atoms with van der Waals surface area (Å²) in [5, 5.41) is 12.0. The average molecular weight is 296 g/mol. The van der Waals surface area contributed by atoms with Gasteiger partial charge in [-0.25, -0.2) is 0 Å². The molecular weight excluding hydrogens is 272 g/mol.